The number of H-pyrrole nitrogens is 1. The van der Waals surface area contributed by atoms with Gasteiger partial charge in [-0.2, -0.15) is 19.9 Å². The lowest BCUT2D eigenvalue weighted by Gasteiger charge is -2.05. The molecule has 0 aliphatic rings. The van der Waals surface area contributed by atoms with Crippen LogP contribution in [0.3, 0.4) is 0 Å². The van der Waals surface area contributed by atoms with Crippen molar-refractivity contribution < 1.29 is 18.0 Å². The minimum Gasteiger partial charge on any atom is -0.224 e. The SMILES string of the molecule is CS(=O)(=O)c1ccc(-c2ccc(Sc3cn[nH]n3)cc2)cc1.O=C=O. The number of aromatic amines is 1. The first kappa shape index (κ1) is 18.6. The molecule has 0 saturated heterocycles. The molecule has 1 heterocycles. The minimum absolute atomic E-state index is 0.250. The fourth-order valence-electron chi connectivity index (χ4n) is 1.97. The van der Waals surface area contributed by atoms with Crippen LogP contribution in [0.2, 0.25) is 0 Å². The Morgan fingerprint density at radius 3 is 1.92 bits per heavy atom. The second-order valence-electron chi connectivity index (χ2n) is 4.81. The van der Waals surface area contributed by atoms with Gasteiger partial charge in [-0.3, -0.25) is 0 Å². The number of benzene rings is 2. The first-order valence-corrected chi connectivity index (χ1v) is 9.58. The van der Waals surface area contributed by atoms with Gasteiger partial charge in [0.05, 0.1) is 11.1 Å². The van der Waals surface area contributed by atoms with E-state index < -0.39 is 9.84 Å². The maximum Gasteiger partial charge on any atom is 0.373 e. The Bertz CT molecular complexity index is 946. The van der Waals surface area contributed by atoms with Gasteiger partial charge >= 0.3 is 6.15 Å². The molecule has 0 bridgehead atoms. The highest BCUT2D eigenvalue weighted by Crippen LogP contribution is 2.28. The van der Waals surface area contributed by atoms with E-state index in [-0.39, 0.29) is 6.15 Å². The summed E-state index contributed by atoms with van der Waals surface area (Å²) < 4.78 is 22.9. The van der Waals surface area contributed by atoms with Crippen LogP contribution in [-0.4, -0.2) is 36.2 Å². The summed E-state index contributed by atoms with van der Waals surface area (Å²) in [5.41, 5.74) is 2.01. The largest absolute Gasteiger partial charge is 0.373 e. The van der Waals surface area contributed by atoms with Crippen LogP contribution in [0.5, 0.6) is 0 Å². The molecule has 25 heavy (non-hydrogen) atoms. The minimum atomic E-state index is -3.16. The molecule has 0 fully saturated rings. The van der Waals surface area contributed by atoms with E-state index in [0.29, 0.717) is 4.90 Å². The molecule has 0 unspecified atom stereocenters. The van der Waals surface area contributed by atoms with Crippen LogP contribution in [0.25, 0.3) is 11.1 Å². The Hall–Kier alpha value is -2.74. The van der Waals surface area contributed by atoms with Crippen LogP contribution in [0.15, 0.2) is 69.5 Å². The van der Waals surface area contributed by atoms with Gasteiger partial charge in [0.2, 0.25) is 0 Å². The molecule has 128 valence electrons. The Morgan fingerprint density at radius 2 is 1.48 bits per heavy atom. The van der Waals surface area contributed by atoms with E-state index in [4.69, 9.17) is 9.59 Å². The van der Waals surface area contributed by atoms with Gasteiger partial charge < -0.3 is 0 Å². The molecule has 0 saturated carbocycles. The number of nitrogens with zero attached hydrogens (tertiary/aromatic N) is 2. The maximum absolute atomic E-state index is 11.5. The Kier molecular flexibility index (Phi) is 6.24. The van der Waals surface area contributed by atoms with Crippen molar-refractivity contribution in [3.8, 4) is 11.1 Å². The lowest BCUT2D eigenvalue weighted by Crippen LogP contribution is -1.96. The summed E-state index contributed by atoms with van der Waals surface area (Å²) in [6.45, 7) is 0. The standard InChI is InChI=1S/C15H13N3O2S2.CO2/c1-22(19,20)14-8-4-12(5-9-14)11-2-6-13(7-3-11)21-15-10-16-18-17-15;2-1-3/h2-10H,1H3,(H,16,17,18);. The number of carbonyl (C=O) groups excluding carboxylic acids is 2. The van der Waals surface area contributed by atoms with Gasteiger partial charge in [-0.1, -0.05) is 36.0 Å². The molecule has 1 N–H and O–H groups in total. The molecule has 7 nitrogen and oxygen atoms in total. The fourth-order valence-corrected chi connectivity index (χ4v) is 3.31. The highest BCUT2D eigenvalue weighted by Gasteiger charge is 2.07. The number of aromatic nitrogens is 3. The zero-order valence-corrected chi connectivity index (χ0v) is 14.7. The summed E-state index contributed by atoms with van der Waals surface area (Å²) in [7, 11) is -3.16. The number of hydrogen-bond donors (Lipinski definition) is 1. The van der Waals surface area contributed by atoms with E-state index in [2.05, 4.69) is 15.4 Å². The van der Waals surface area contributed by atoms with Crippen LogP contribution in [0.4, 0.5) is 0 Å². The third-order valence-electron chi connectivity index (χ3n) is 3.09. The van der Waals surface area contributed by atoms with Crippen LogP contribution < -0.4 is 0 Å². The number of rotatable bonds is 4. The van der Waals surface area contributed by atoms with Crippen LogP contribution >= 0.6 is 11.8 Å². The normalized spacial score (nSPS) is 10.4. The molecule has 0 aliphatic carbocycles. The van der Waals surface area contributed by atoms with E-state index in [1.165, 1.54) is 18.0 Å². The van der Waals surface area contributed by atoms with Crippen LogP contribution in [0, 0.1) is 0 Å². The first-order valence-electron chi connectivity index (χ1n) is 6.87. The molecule has 1 aromatic heterocycles. The number of sulfone groups is 1. The van der Waals surface area contributed by atoms with E-state index in [9.17, 15) is 8.42 Å². The molecule has 0 radical (unpaired) electrons. The quantitative estimate of drug-likeness (QED) is 0.746. The molecule has 0 amide bonds. The van der Waals surface area contributed by atoms with Crippen molar-refractivity contribution in [1.82, 2.24) is 15.4 Å². The van der Waals surface area contributed by atoms with Gasteiger partial charge in [0.15, 0.2) is 9.84 Å². The number of nitrogens with one attached hydrogen (secondary N) is 1. The first-order chi connectivity index (χ1) is 11.9. The average molecular weight is 375 g/mol. The third kappa shape index (κ3) is 5.39. The second-order valence-corrected chi connectivity index (χ2v) is 7.92. The second kappa shape index (κ2) is 8.39. The Labute approximate surface area is 148 Å². The molecular formula is C16H13N3O4S2. The summed E-state index contributed by atoms with van der Waals surface area (Å²) in [6.07, 6.45) is 3.13. The smallest absolute Gasteiger partial charge is 0.224 e. The number of hydrogen-bond acceptors (Lipinski definition) is 7. The van der Waals surface area contributed by atoms with Crippen molar-refractivity contribution >= 4 is 27.8 Å². The molecule has 2 aromatic carbocycles. The van der Waals surface area contributed by atoms with Crippen molar-refractivity contribution in [2.75, 3.05) is 6.26 Å². The molecule has 0 aliphatic heterocycles. The van der Waals surface area contributed by atoms with Gasteiger partial charge in [0.1, 0.15) is 5.03 Å². The Balaban J connectivity index is 0.000000701. The molecule has 3 aromatic rings. The molecular weight excluding hydrogens is 362 g/mol. The van der Waals surface area contributed by atoms with Gasteiger partial charge in [0.25, 0.3) is 0 Å². The molecule has 3 rings (SSSR count). The molecule has 0 atom stereocenters. The van der Waals surface area contributed by atoms with Gasteiger partial charge in [-0.25, -0.2) is 8.42 Å². The summed E-state index contributed by atoms with van der Waals surface area (Å²) in [4.78, 5) is 17.6. The zero-order chi connectivity index (χ0) is 18.3. The summed E-state index contributed by atoms with van der Waals surface area (Å²) in [5, 5.41) is 11.1. The van der Waals surface area contributed by atoms with E-state index in [1.54, 1.807) is 18.3 Å². The van der Waals surface area contributed by atoms with E-state index in [0.717, 1.165) is 21.0 Å². The van der Waals surface area contributed by atoms with Gasteiger partial charge in [-0.15, -0.1) is 5.10 Å². The van der Waals surface area contributed by atoms with E-state index in [1.807, 2.05) is 36.4 Å². The molecule has 0 spiro atoms. The summed E-state index contributed by atoms with van der Waals surface area (Å²) >= 11 is 1.52. The van der Waals surface area contributed by atoms with Crippen molar-refractivity contribution in [3.05, 3.63) is 54.7 Å². The predicted octanol–water partition coefficient (Wildman–Crippen LogP) is 2.44. The topological polar surface area (TPSA) is 110 Å². The van der Waals surface area contributed by atoms with E-state index >= 15 is 0 Å². The van der Waals surface area contributed by atoms with Crippen molar-refractivity contribution in [1.29, 1.82) is 0 Å². The van der Waals surface area contributed by atoms with Crippen molar-refractivity contribution in [3.63, 3.8) is 0 Å². The van der Waals surface area contributed by atoms with Crippen molar-refractivity contribution in [2.24, 2.45) is 0 Å². The van der Waals surface area contributed by atoms with Gasteiger partial charge in [-0.05, 0) is 35.4 Å². The highest BCUT2D eigenvalue weighted by atomic mass is 32.2. The lowest BCUT2D eigenvalue weighted by atomic mass is 10.1. The predicted molar refractivity (Wildman–Crippen MR) is 90.5 cm³/mol. The average Bonchev–Trinajstić information content (AvgIpc) is 3.09. The zero-order valence-electron chi connectivity index (χ0n) is 13.0. The highest BCUT2D eigenvalue weighted by molar-refractivity contribution is 7.99. The van der Waals surface area contributed by atoms with Crippen LogP contribution in [0.1, 0.15) is 0 Å². The monoisotopic (exact) mass is 375 g/mol. The summed E-state index contributed by atoms with van der Waals surface area (Å²) in [5.74, 6) is 0. The summed E-state index contributed by atoms with van der Waals surface area (Å²) in [6, 6.07) is 14.9. The lowest BCUT2D eigenvalue weighted by molar-refractivity contribution is -0.191. The third-order valence-corrected chi connectivity index (χ3v) is 5.13. The Morgan fingerprint density at radius 1 is 0.960 bits per heavy atom. The van der Waals surface area contributed by atoms with Crippen molar-refractivity contribution in [2.45, 2.75) is 14.8 Å². The molecule has 9 heteroatoms. The maximum atomic E-state index is 11.5. The van der Waals surface area contributed by atoms with Crippen LogP contribution in [-0.2, 0) is 19.4 Å². The van der Waals surface area contributed by atoms with Gasteiger partial charge in [0, 0.05) is 11.2 Å². The fraction of sp³-hybridized carbons (Fsp3) is 0.0625.